The molecule has 14 heavy (non-hydrogen) atoms. The third-order valence-corrected chi connectivity index (χ3v) is 3.00. The molecule has 0 heterocycles. The maximum Gasteiger partial charge on any atom is 0.215 e. The fourth-order valence-electron chi connectivity index (χ4n) is 0.937. The molecule has 0 aliphatic rings. The zero-order valence-corrected chi connectivity index (χ0v) is 8.24. The van der Waals surface area contributed by atoms with Crippen LogP contribution < -0.4 is 4.72 Å². The molecule has 0 spiro atoms. The van der Waals surface area contributed by atoms with E-state index in [1.807, 2.05) is 4.72 Å². The molecule has 0 aromatic heterocycles. The van der Waals surface area contributed by atoms with Crippen LogP contribution in [0, 0.1) is 11.6 Å². The van der Waals surface area contributed by atoms with E-state index in [1.54, 1.807) is 0 Å². The summed E-state index contributed by atoms with van der Waals surface area (Å²) in [6, 6.07) is 3.43. The Hall–Kier alpha value is -1.01. The van der Waals surface area contributed by atoms with Crippen molar-refractivity contribution in [1.82, 2.24) is 4.72 Å². The van der Waals surface area contributed by atoms with Gasteiger partial charge in [-0.15, -0.1) is 0 Å². The maximum atomic E-state index is 13.0. The maximum absolute atomic E-state index is 13.0. The highest BCUT2D eigenvalue weighted by molar-refractivity contribution is 7.88. The Balaban J connectivity index is 3.05. The molecular formula is C8H9F2NO2S. The van der Waals surface area contributed by atoms with Gasteiger partial charge in [-0.25, -0.2) is 21.9 Å². The van der Waals surface area contributed by atoms with Crippen molar-refractivity contribution in [3.05, 3.63) is 35.4 Å². The van der Waals surface area contributed by atoms with Gasteiger partial charge in [0.25, 0.3) is 0 Å². The van der Waals surface area contributed by atoms with Gasteiger partial charge in [-0.2, -0.15) is 0 Å². The predicted molar refractivity (Wildman–Crippen MR) is 48.0 cm³/mol. The molecule has 0 unspecified atom stereocenters. The lowest BCUT2D eigenvalue weighted by Crippen LogP contribution is -2.21. The van der Waals surface area contributed by atoms with E-state index in [-0.39, 0.29) is 5.56 Å². The second-order valence-electron chi connectivity index (χ2n) is 2.68. The number of sulfonamides is 1. The summed E-state index contributed by atoms with van der Waals surface area (Å²) in [5.41, 5.74) is -0.181. The lowest BCUT2D eigenvalue weighted by Gasteiger charge is -2.03. The van der Waals surface area contributed by atoms with Gasteiger partial charge in [0.1, 0.15) is 0 Å². The summed E-state index contributed by atoms with van der Waals surface area (Å²) in [7, 11) is -2.35. The summed E-state index contributed by atoms with van der Waals surface area (Å²) >= 11 is 0. The normalized spacial score (nSPS) is 11.6. The molecule has 0 bridgehead atoms. The number of hydrogen-bond acceptors (Lipinski definition) is 2. The minimum Gasteiger partial charge on any atom is -0.218 e. The molecule has 3 nitrogen and oxygen atoms in total. The fourth-order valence-corrected chi connectivity index (χ4v) is 1.71. The fraction of sp³-hybridized carbons (Fsp3) is 0.250. The van der Waals surface area contributed by atoms with Crippen molar-refractivity contribution >= 4 is 10.0 Å². The average molecular weight is 221 g/mol. The Morgan fingerprint density at radius 2 is 2.00 bits per heavy atom. The summed E-state index contributed by atoms with van der Waals surface area (Å²) in [6.45, 7) is 0. The van der Waals surface area contributed by atoms with E-state index in [1.165, 1.54) is 19.2 Å². The van der Waals surface area contributed by atoms with E-state index in [9.17, 15) is 17.2 Å². The molecule has 0 saturated carbocycles. The van der Waals surface area contributed by atoms with Crippen LogP contribution in [0.2, 0.25) is 0 Å². The van der Waals surface area contributed by atoms with Gasteiger partial charge in [0.15, 0.2) is 11.6 Å². The van der Waals surface area contributed by atoms with E-state index < -0.39 is 27.4 Å². The average Bonchev–Trinajstić information content (AvgIpc) is 2.13. The lowest BCUT2D eigenvalue weighted by atomic mass is 10.2. The highest BCUT2D eigenvalue weighted by Gasteiger charge is 2.14. The zero-order valence-electron chi connectivity index (χ0n) is 7.42. The highest BCUT2D eigenvalue weighted by atomic mass is 32.2. The van der Waals surface area contributed by atoms with Crippen LogP contribution >= 0.6 is 0 Å². The van der Waals surface area contributed by atoms with Crippen LogP contribution in [0.4, 0.5) is 8.78 Å². The van der Waals surface area contributed by atoms with Gasteiger partial charge in [-0.05, 0) is 13.1 Å². The van der Waals surface area contributed by atoms with Gasteiger partial charge < -0.3 is 0 Å². The standard InChI is InChI=1S/C8H9F2NO2S/c1-11-14(12,13)5-6-3-2-4-7(9)8(6)10/h2-4,11H,5H2,1H3. The molecular weight excluding hydrogens is 212 g/mol. The Morgan fingerprint density at radius 1 is 1.36 bits per heavy atom. The van der Waals surface area contributed by atoms with Crippen molar-refractivity contribution in [2.75, 3.05) is 7.05 Å². The molecule has 0 saturated heterocycles. The third-order valence-electron chi connectivity index (χ3n) is 1.69. The topological polar surface area (TPSA) is 46.2 Å². The molecule has 0 radical (unpaired) electrons. The molecule has 0 atom stereocenters. The molecule has 0 aliphatic heterocycles. The molecule has 1 aromatic carbocycles. The third kappa shape index (κ3) is 2.49. The number of nitrogens with one attached hydrogen (secondary N) is 1. The Kier molecular flexibility index (Phi) is 3.17. The molecule has 0 amide bonds. The first-order valence-electron chi connectivity index (χ1n) is 3.80. The van der Waals surface area contributed by atoms with E-state index in [0.717, 1.165) is 6.07 Å². The lowest BCUT2D eigenvalue weighted by molar-refractivity contribution is 0.501. The monoisotopic (exact) mass is 221 g/mol. The van der Waals surface area contributed by atoms with Crippen LogP contribution in [0.5, 0.6) is 0 Å². The Morgan fingerprint density at radius 3 is 2.57 bits per heavy atom. The van der Waals surface area contributed by atoms with Crippen molar-refractivity contribution in [2.24, 2.45) is 0 Å². The molecule has 78 valence electrons. The van der Waals surface area contributed by atoms with Crippen LogP contribution in [0.1, 0.15) is 5.56 Å². The molecule has 1 aromatic rings. The zero-order chi connectivity index (χ0) is 10.8. The molecule has 1 rings (SSSR count). The highest BCUT2D eigenvalue weighted by Crippen LogP contribution is 2.13. The quantitative estimate of drug-likeness (QED) is 0.828. The summed E-state index contributed by atoms with van der Waals surface area (Å²) in [6.07, 6.45) is 0. The van der Waals surface area contributed by atoms with Crippen LogP contribution in [0.25, 0.3) is 0 Å². The first-order valence-corrected chi connectivity index (χ1v) is 5.45. The van der Waals surface area contributed by atoms with Crippen molar-refractivity contribution in [1.29, 1.82) is 0 Å². The first kappa shape index (κ1) is 11.1. The van der Waals surface area contributed by atoms with Crippen molar-refractivity contribution in [3.63, 3.8) is 0 Å². The van der Waals surface area contributed by atoms with Crippen molar-refractivity contribution in [3.8, 4) is 0 Å². The second-order valence-corrected chi connectivity index (χ2v) is 4.60. The van der Waals surface area contributed by atoms with Crippen LogP contribution in [0.15, 0.2) is 18.2 Å². The summed E-state index contributed by atoms with van der Waals surface area (Å²) in [5, 5.41) is 0. The molecule has 0 aliphatic carbocycles. The van der Waals surface area contributed by atoms with E-state index in [4.69, 9.17) is 0 Å². The van der Waals surface area contributed by atoms with E-state index >= 15 is 0 Å². The summed E-state index contributed by atoms with van der Waals surface area (Å²) in [5.74, 6) is -2.73. The van der Waals surface area contributed by atoms with Gasteiger partial charge in [0.2, 0.25) is 10.0 Å². The number of benzene rings is 1. The Bertz CT molecular complexity index is 431. The van der Waals surface area contributed by atoms with Gasteiger partial charge >= 0.3 is 0 Å². The minimum absolute atomic E-state index is 0.181. The molecule has 1 N–H and O–H groups in total. The van der Waals surface area contributed by atoms with Crippen LogP contribution in [0.3, 0.4) is 0 Å². The number of halogens is 2. The Labute approximate surface area is 80.8 Å². The second kappa shape index (κ2) is 4.02. The van der Waals surface area contributed by atoms with Crippen molar-refractivity contribution < 1.29 is 17.2 Å². The molecule has 6 heteroatoms. The van der Waals surface area contributed by atoms with Crippen LogP contribution in [-0.4, -0.2) is 15.5 Å². The summed E-state index contributed by atoms with van der Waals surface area (Å²) < 4.78 is 49.8. The van der Waals surface area contributed by atoms with Gasteiger partial charge in [-0.1, -0.05) is 12.1 Å². The van der Waals surface area contributed by atoms with E-state index in [0.29, 0.717) is 0 Å². The molecule has 0 fully saturated rings. The van der Waals surface area contributed by atoms with Crippen molar-refractivity contribution in [2.45, 2.75) is 5.75 Å². The summed E-state index contributed by atoms with van der Waals surface area (Å²) in [4.78, 5) is 0. The number of hydrogen-bond donors (Lipinski definition) is 1. The smallest absolute Gasteiger partial charge is 0.215 e. The minimum atomic E-state index is -3.57. The number of rotatable bonds is 3. The van der Waals surface area contributed by atoms with Gasteiger partial charge in [0.05, 0.1) is 5.75 Å². The predicted octanol–water partition coefficient (Wildman–Crippen LogP) is 1.01. The SMILES string of the molecule is CNS(=O)(=O)Cc1cccc(F)c1F. The van der Waals surface area contributed by atoms with Gasteiger partial charge in [-0.3, -0.25) is 0 Å². The largest absolute Gasteiger partial charge is 0.218 e. The first-order chi connectivity index (χ1) is 6.46. The van der Waals surface area contributed by atoms with E-state index in [2.05, 4.69) is 0 Å². The van der Waals surface area contributed by atoms with Gasteiger partial charge in [0, 0.05) is 5.56 Å². The van der Waals surface area contributed by atoms with Crippen LogP contribution in [-0.2, 0) is 15.8 Å².